The quantitative estimate of drug-likeness (QED) is 0.846. The lowest BCUT2D eigenvalue weighted by Gasteiger charge is -2.43. The minimum atomic E-state index is -0.263. The molecule has 2 fully saturated rings. The van der Waals surface area contributed by atoms with E-state index in [1.165, 1.54) is 6.42 Å². The molecule has 1 amide bonds. The fraction of sp³-hybridized carbons (Fsp3) is 0.571. The molecule has 1 heterocycles. The average molecular weight is 368 g/mol. The Morgan fingerprint density at radius 2 is 1.96 bits per heavy atom. The third-order valence-corrected chi connectivity index (χ3v) is 6.21. The van der Waals surface area contributed by atoms with Crippen LogP contribution in [0.15, 0.2) is 34.9 Å². The molecule has 27 heavy (non-hydrogen) atoms. The Hall–Kier alpha value is -2.21. The molecule has 4 rings (SSSR count). The zero-order valence-corrected chi connectivity index (χ0v) is 15.8. The van der Waals surface area contributed by atoms with Crippen LogP contribution in [0.3, 0.4) is 0 Å². The monoisotopic (exact) mass is 368 g/mol. The third kappa shape index (κ3) is 4.05. The lowest BCUT2D eigenvalue weighted by Crippen LogP contribution is -2.49. The highest BCUT2D eigenvalue weighted by molar-refractivity contribution is 5.79. The fourth-order valence-electron chi connectivity index (χ4n) is 4.69. The molecule has 0 saturated heterocycles. The van der Waals surface area contributed by atoms with Gasteiger partial charge in [-0.05, 0) is 50.0 Å². The number of nitrogens with zero attached hydrogens (tertiary/aromatic N) is 2. The van der Waals surface area contributed by atoms with E-state index in [-0.39, 0.29) is 23.9 Å². The van der Waals surface area contributed by atoms with E-state index < -0.39 is 0 Å². The Labute approximate surface area is 159 Å². The predicted molar refractivity (Wildman–Crippen MR) is 102 cm³/mol. The highest BCUT2D eigenvalue weighted by Gasteiger charge is 2.40. The molecule has 6 heteroatoms. The number of carbonyl (C=O) groups excluding carboxylic acids is 1. The Bertz CT molecular complexity index is 761. The minimum Gasteiger partial charge on any atom is -0.346 e. The van der Waals surface area contributed by atoms with Crippen LogP contribution in [-0.4, -0.2) is 22.1 Å². The molecule has 0 aliphatic heterocycles. The number of hydrogen-bond donors (Lipinski definition) is 2. The molecule has 1 aromatic carbocycles. The summed E-state index contributed by atoms with van der Waals surface area (Å²) in [6, 6.07) is 10.0. The summed E-state index contributed by atoms with van der Waals surface area (Å²) in [5.74, 6) is 2.23. The summed E-state index contributed by atoms with van der Waals surface area (Å²) in [5, 5.41) is 7.14. The highest BCUT2D eigenvalue weighted by atomic mass is 16.5. The molecule has 1 aromatic heterocycles. The van der Waals surface area contributed by atoms with Gasteiger partial charge in [0.25, 0.3) is 0 Å². The highest BCUT2D eigenvalue weighted by Crippen LogP contribution is 2.42. The molecule has 3 atom stereocenters. The first-order chi connectivity index (χ1) is 13.1. The zero-order valence-electron chi connectivity index (χ0n) is 15.8. The van der Waals surface area contributed by atoms with E-state index in [4.69, 9.17) is 10.3 Å². The Kier molecular flexibility index (Phi) is 5.25. The lowest BCUT2D eigenvalue weighted by atomic mass is 9.65. The van der Waals surface area contributed by atoms with Crippen molar-refractivity contribution in [3.63, 3.8) is 0 Å². The van der Waals surface area contributed by atoms with Crippen LogP contribution in [0.5, 0.6) is 0 Å². The van der Waals surface area contributed by atoms with E-state index in [1.54, 1.807) is 0 Å². The summed E-state index contributed by atoms with van der Waals surface area (Å²) in [7, 11) is 0. The van der Waals surface area contributed by atoms with Gasteiger partial charge in [-0.3, -0.25) is 4.79 Å². The van der Waals surface area contributed by atoms with Gasteiger partial charge in [0, 0.05) is 12.0 Å². The van der Waals surface area contributed by atoms with Gasteiger partial charge >= 0.3 is 0 Å². The van der Waals surface area contributed by atoms with Crippen LogP contribution < -0.4 is 11.1 Å². The van der Waals surface area contributed by atoms with E-state index in [2.05, 4.69) is 15.5 Å². The first-order valence-corrected chi connectivity index (χ1v) is 10.0. The first-order valence-electron chi connectivity index (χ1n) is 10.0. The van der Waals surface area contributed by atoms with Gasteiger partial charge in [0.2, 0.25) is 11.8 Å². The molecular formula is C21H28N4O2. The maximum Gasteiger partial charge on any atom is 0.231 e. The van der Waals surface area contributed by atoms with E-state index in [9.17, 15) is 4.79 Å². The molecule has 2 aromatic rings. The second kappa shape index (κ2) is 7.80. The van der Waals surface area contributed by atoms with Crippen LogP contribution in [0.1, 0.15) is 62.3 Å². The van der Waals surface area contributed by atoms with Crippen molar-refractivity contribution in [2.75, 3.05) is 0 Å². The largest absolute Gasteiger partial charge is 0.346 e. The number of rotatable bonds is 5. The summed E-state index contributed by atoms with van der Waals surface area (Å²) in [4.78, 5) is 17.2. The topological polar surface area (TPSA) is 94.0 Å². The molecule has 144 valence electrons. The zero-order chi connectivity index (χ0) is 18.8. The standard InChI is InChI=1S/C21H28N4O2/c1-13(20-24-18(27-25-20)10-14-6-3-2-4-7-14)23-21(26)17-11-15-8-5-9-16(12-17)19(15)22/h2-4,6-7,13,15-17,19H,5,8-12,22H2,1H3,(H,23,26). The second-order valence-electron chi connectivity index (χ2n) is 8.14. The summed E-state index contributed by atoms with van der Waals surface area (Å²) >= 11 is 0. The molecule has 2 saturated carbocycles. The Balaban J connectivity index is 1.35. The number of hydrogen-bond acceptors (Lipinski definition) is 5. The molecule has 2 bridgehead atoms. The number of amides is 1. The van der Waals surface area contributed by atoms with Crippen LogP contribution in [0.25, 0.3) is 0 Å². The Morgan fingerprint density at radius 1 is 1.26 bits per heavy atom. The molecule has 2 aliphatic carbocycles. The number of benzene rings is 1. The number of nitrogens with two attached hydrogens (primary N) is 1. The predicted octanol–water partition coefficient (Wildman–Crippen LogP) is 2.99. The molecule has 3 N–H and O–H groups in total. The summed E-state index contributed by atoms with van der Waals surface area (Å²) < 4.78 is 5.36. The maximum atomic E-state index is 12.8. The van der Waals surface area contributed by atoms with Gasteiger partial charge in [-0.25, -0.2) is 0 Å². The molecule has 2 aliphatic rings. The van der Waals surface area contributed by atoms with Crippen molar-refractivity contribution in [1.29, 1.82) is 0 Å². The van der Waals surface area contributed by atoms with E-state index in [0.717, 1.165) is 31.2 Å². The van der Waals surface area contributed by atoms with E-state index in [1.807, 2.05) is 37.3 Å². The Morgan fingerprint density at radius 3 is 2.67 bits per heavy atom. The fourth-order valence-corrected chi connectivity index (χ4v) is 4.69. The summed E-state index contributed by atoms with van der Waals surface area (Å²) in [6.45, 7) is 1.91. The van der Waals surface area contributed by atoms with Crippen LogP contribution in [-0.2, 0) is 11.2 Å². The van der Waals surface area contributed by atoms with Crippen molar-refractivity contribution in [3.8, 4) is 0 Å². The van der Waals surface area contributed by atoms with E-state index in [0.29, 0.717) is 30.0 Å². The number of nitrogens with one attached hydrogen (secondary N) is 1. The van der Waals surface area contributed by atoms with Gasteiger partial charge in [0.15, 0.2) is 5.82 Å². The van der Waals surface area contributed by atoms with Gasteiger partial charge < -0.3 is 15.6 Å². The molecule has 3 unspecified atom stereocenters. The van der Waals surface area contributed by atoms with Crippen molar-refractivity contribution < 1.29 is 9.32 Å². The van der Waals surface area contributed by atoms with Crippen LogP contribution in [0.2, 0.25) is 0 Å². The van der Waals surface area contributed by atoms with Gasteiger partial charge in [-0.2, -0.15) is 4.98 Å². The van der Waals surface area contributed by atoms with Gasteiger partial charge in [-0.15, -0.1) is 0 Å². The van der Waals surface area contributed by atoms with Crippen molar-refractivity contribution >= 4 is 5.91 Å². The van der Waals surface area contributed by atoms with Gasteiger partial charge in [0.05, 0.1) is 12.5 Å². The van der Waals surface area contributed by atoms with Crippen molar-refractivity contribution in [3.05, 3.63) is 47.6 Å². The normalized spacial score (nSPS) is 28.5. The third-order valence-electron chi connectivity index (χ3n) is 6.21. The molecular weight excluding hydrogens is 340 g/mol. The van der Waals surface area contributed by atoms with Crippen molar-refractivity contribution in [1.82, 2.24) is 15.5 Å². The molecule has 0 radical (unpaired) electrons. The van der Waals surface area contributed by atoms with Crippen molar-refractivity contribution in [2.45, 2.75) is 57.5 Å². The molecule has 0 spiro atoms. The van der Waals surface area contributed by atoms with Crippen LogP contribution in [0.4, 0.5) is 0 Å². The van der Waals surface area contributed by atoms with Gasteiger partial charge in [-0.1, -0.05) is 41.9 Å². The number of carbonyl (C=O) groups is 1. The summed E-state index contributed by atoms with van der Waals surface area (Å²) in [6.07, 6.45) is 5.97. The summed E-state index contributed by atoms with van der Waals surface area (Å²) in [5.41, 5.74) is 7.46. The van der Waals surface area contributed by atoms with Crippen LogP contribution >= 0.6 is 0 Å². The lowest BCUT2D eigenvalue weighted by molar-refractivity contribution is -0.128. The average Bonchev–Trinajstić information content (AvgIpc) is 3.11. The van der Waals surface area contributed by atoms with Crippen LogP contribution in [0, 0.1) is 17.8 Å². The first kappa shape index (κ1) is 18.2. The van der Waals surface area contributed by atoms with E-state index >= 15 is 0 Å². The minimum absolute atomic E-state index is 0.0539. The number of fused-ring (bicyclic) bond motifs is 2. The SMILES string of the molecule is CC(NC(=O)C1CC2CCCC(C1)C2N)c1noc(Cc2ccccc2)n1. The second-order valence-corrected chi connectivity index (χ2v) is 8.14. The van der Waals surface area contributed by atoms with Gasteiger partial charge in [0.1, 0.15) is 0 Å². The number of aromatic nitrogens is 2. The van der Waals surface area contributed by atoms with Crippen molar-refractivity contribution in [2.24, 2.45) is 23.5 Å². The maximum absolute atomic E-state index is 12.8. The smallest absolute Gasteiger partial charge is 0.231 e. The molecule has 6 nitrogen and oxygen atoms in total.